The SMILES string of the molecule is COc1cc(C)c(C)cc1S(=O)(=O)N1CCC(c2nnc3ccc(C4CC4)nn23)CC1. The summed E-state index contributed by atoms with van der Waals surface area (Å²) in [5.74, 6) is 1.91. The molecule has 2 aromatic heterocycles. The van der Waals surface area contributed by atoms with Crippen molar-refractivity contribution in [3.05, 3.63) is 46.9 Å². The number of ether oxygens (including phenoxy) is 1. The number of hydrogen-bond acceptors (Lipinski definition) is 6. The zero-order valence-electron chi connectivity index (χ0n) is 18.1. The smallest absolute Gasteiger partial charge is 0.246 e. The summed E-state index contributed by atoms with van der Waals surface area (Å²) >= 11 is 0. The predicted octanol–water partition coefficient (Wildman–Crippen LogP) is 3.20. The summed E-state index contributed by atoms with van der Waals surface area (Å²) in [7, 11) is -2.13. The molecule has 5 rings (SSSR count). The average Bonchev–Trinajstić information content (AvgIpc) is 3.54. The van der Waals surface area contributed by atoms with Gasteiger partial charge >= 0.3 is 0 Å². The highest BCUT2D eigenvalue weighted by atomic mass is 32.2. The second-order valence-corrected chi connectivity index (χ2v) is 10.5. The fourth-order valence-electron chi connectivity index (χ4n) is 4.29. The first kappa shape index (κ1) is 20.4. The van der Waals surface area contributed by atoms with E-state index in [1.807, 2.05) is 30.5 Å². The third-order valence-electron chi connectivity index (χ3n) is 6.52. The van der Waals surface area contributed by atoms with E-state index in [1.54, 1.807) is 16.4 Å². The Bertz CT molecular complexity index is 1240. The first-order valence-corrected chi connectivity index (χ1v) is 12.2. The number of sulfonamides is 1. The summed E-state index contributed by atoms with van der Waals surface area (Å²) in [5, 5.41) is 13.4. The van der Waals surface area contributed by atoms with E-state index in [0.717, 1.165) is 28.3 Å². The van der Waals surface area contributed by atoms with Crippen LogP contribution >= 0.6 is 0 Å². The highest BCUT2D eigenvalue weighted by Crippen LogP contribution is 2.39. The summed E-state index contributed by atoms with van der Waals surface area (Å²) in [6.45, 7) is 4.73. The molecule has 164 valence electrons. The normalized spacial score (nSPS) is 18.5. The molecule has 8 nitrogen and oxygen atoms in total. The van der Waals surface area contributed by atoms with Gasteiger partial charge in [-0.1, -0.05) is 0 Å². The Morgan fingerprint density at radius 3 is 2.35 bits per heavy atom. The standard InChI is InChI=1S/C22H27N5O3S/c1-14-12-19(30-3)20(13-15(14)2)31(28,29)26-10-8-17(9-11-26)22-24-23-21-7-6-18(16-4-5-16)25-27(21)22/h6-7,12-13,16-17H,4-5,8-11H2,1-3H3. The Morgan fingerprint density at radius 1 is 0.968 bits per heavy atom. The summed E-state index contributed by atoms with van der Waals surface area (Å²) in [4.78, 5) is 0.236. The highest BCUT2D eigenvalue weighted by Gasteiger charge is 2.34. The number of fused-ring (bicyclic) bond motifs is 1. The van der Waals surface area contributed by atoms with Gasteiger partial charge < -0.3 is 4.74 Å². The van der Waals surface area contributed by atoms with Gasteiger partial charge in [0.2, 0.25) is 10.0 Å². The molecule has 1 saturated heterocycles. The van der Waals surface area contributed by atoms with E-state index in [0.29, 0.717) is 37.6 Å². The maximum atomic E-state index is 13.4. The van der Waals surface area contributed by atoms with Crippen LogP contribution in [0.5, 0.6) is 5.75 Å². The van der Waals surface area contributed by atoms with Crippen molar-refractivity contribution in [1.29, 1.82) is 0 Å². The second kappa shape index (κ2) is 7.56. The van der Waals surface area contributed by atoms with Gasteiger partial charge in [0, 0.05) is 24.9 Å². The van der Waals surface area contributed by atoms with Crippen molar-refractivity contribution in [2.45, 2.75) is 56.3 Å². The van der Waals surface area contributed by atoms with E-state index >= 15 is 0 Å². The minimum atomic E-state index is -3.64. The summed E-state index contributed by atoms with van der Waals surface area (Å²) < 4.78 is 35.5. The molecule has 0 spiro atoms. The van der Waals surface area contributed by atoms with Gasteiger partial charge in [0.05, 0.1) is 12.8 Å². The van der Waals surface area contributed by atoms with E-state index in [2.05, 4.69) is 10.2 Å². The quantitative estimate of drug-likeness (QED) is 0.604. The molecule has 1 saturated carbocycles. The monoisotopic (exact) mass is 441 g/mol. The van der Waals surface area contributed by atoms with Gasteiger partial charge in [-0.15, -0.1) is 10.2 Å². The van der Waals surface area contributed by atoms with Crippen LogP contribution in [0.15, 0.2) is 29.2 Å². The molecule has 0 unspecified atom stereocenters. The van der Waals surface area contributed by atoms with Crippen LogP contribution in [0.4, 0.5) is 0 Å². The van der Waals surface area contributed by atoms with E-state index in [-0.39, 0.29) is 10.8 Å². The van der Waals surface area contributed by atoms with Crippen LogP contribution in [0.2, 0.25) is 0 Å². The number of methoxy groups -OCH3 is 1. The Labute approximate surface area is 182 Å². The van der Waals surface area contributed by atoms with Gasteiger partial charge in [-0.3, -0.25) is 0 Å². The lowest BCUT2D eigenvalue weighted by Crippen LogP contribution is -2.38. The third kappa shape index (κ3) is 3.59. The fourth-order valence-corrected chi connectivity index (χ4v) is 5.98. The molecule has 1 aromatic carbocycles. The molecule has 0 atom stereocenters. The zero-order valence-corrected chi connectivity index (χ0v) is 18.9. The van der Waals surface area contributed by atoms with Crippen molar-refractivity contribution >= 4 is 15.7 Å². The van der Waals surface area contributed by atoms with Crippen molar-refractivity contribution < 1.29 is 13.2 Å². The lowest BCUT2D eigenvalue weighted by Gasteiger charge is -2.30. The van der Waals surface area contributed by atoms with Crippen molar-refractivity contribution in [1.82, 2.24) is 24.1 Å². The number of aromatic nitrogens is 4. The maximum Gasteiger partial charge on any atom is 0.246 e. The molecule has 3 aromatic rings. The first-order valence-electron chi connectivity index (χ1n) is 10.8. The zero-order chi connectivity index (χ0) is 21.8. The highest BCUT2D eigenvalue weighted by molar-refractivity contribution is 7.89. The van der Waals surface area contributed by atoms with E-state index in [9.17, 15) is 8.42 Å². The van der Waals surface area contributed by atoms with Crippen LogP contribution < -0.4 is 4.74 Å². The van der Waals surface area contributed by atoms with Crippen LogP contribution in [0.3, 0.4) is 0 Å². The number of benzene rings is 1. The molecule has 0 bridgehead atoms. The van der Waals surface area contributed by atoms with Crippen molar-refractivity contribution in [3.8, 4) is 5.75 Å². The minimum Gasteiger partial charge on any atom is -0.495 e. The summed E-state index contributed by atoms with van der Waals surface area (Å²) in [6, 6.07) is 7.52. The molecule has 31 heavy (non-hydrogen) atoms. The van der Waals surface area contributed by atoms with Gasteiger partial charge in [-0.05, 0) is 74.9 Å². The van der Waals surface area contributed by atoms with E-state index in [1.165, 1.54) is 20.0 Å². The molecular weight excluding hydrogens is 414 g/mol. The van der Waals surface area contributed by atoms with Crippen LogP contribution in [-0.2, 0) is 10.0 Å². The van der Waals surface area contributed by atoms with Gasteiger partial charge in [0.15, 0.2) is 11.5 Å². The molecule has 0 amide bonds. The number of hydrogen-bond donors (Lipinski definition) is 0. The molecule has 3 heterocycles. The maximum absolute atomic E-state index is 13.4. The van der Waals surface area contributed by atoms with E-state index < -0.39 is 10.0 Å². The molecule has 0 N–H and O–H groups in total. The van der Waals surface area contributed by atoms with Crippen LogP contribution in [0.25, 0.3) is 5.65 Å². The van der Waals surface area contributed by atoms with Gasteiger partial charge in [0.1, 0.15) is 10.6 Å². The van der Waals surface area contributed by atoms with E-state index in [4.69, 9.17) is 9.84 Å². The number of aryl methyl sites for hydroxylation is 2. The van der Waals surface area contributed by atoms with Crippen LogP contribution in [-0.4, -0.2) is 52.7 Å². The minimum absolute atomic E-state index is 0.130. The van der Waals surface area contributed by atoms with Crippen molar-refractivity contribution in [3.63, 3.8) is 0 Å². The molecule has 2 aliphatic rings. The topological polar surface area (TPSA) is 89.7 Å². The number of piperidine rings is 1. The van der Waals surface area contributed by atoms with Crippen LogP contribution in [0.1, 0.15) is 60.2 Å². The Morgan fingerprint density at radius 2 is 1.68 bits per heavy atom. The predicted molar refractivity (Wildman–Crippen MR) is 116 cm³/mol. The second-order valence-electron chi connectivity index (χ2n) is 8.63. The Balaban J connectivity index is 1.38. The average molecular weight is 442 g/mol. The molecule has 2 fully saturated rings. The van der Waals surface area contributed by atoms with Crippen LogP contribution in [0, 0.1) is 13.8 Å². The largest absolute Gasteiger partial charge is 0.495 e. The molecule has 0 radical (unpaired) electrons. The van der Waals surface area contributed by atoms with Gasteiger partial charge in [-0.2, -0.15) is 13.9 Å². The van der Waals surface area contributed by atoms with Crippen molar-refractivity contribution in [2.24, 2.45) is 0 Å². The Kier molecular flexibility index (Phi) is 4.97. The lowest BCUT2D eigenvalue weighted by atomic mass is 9.97. The summed E-state index contributed by atoms with van der Waals surface area (Å²) in [5.41, 5.74) is 3.78. The van der Waals surface area contributed by atoms with Gasteiger partial charge in [0.25, 0.3) is 0 Å². The lowest BCUT2D eigenvalue weighted by molar-refractivity contribution is 0.309. The number of rotatable bonds is 5. The molecule has 1 aliphatic carbocycles. The van der Waals surface area contributed by atoms with Crippen molar-refractivity contribution in [2.75, 3.05) is 20.2 Å². The number of nitrogens with zero attached hydrogens (tertiary/aromatic N) is 5. The third-order valence-corrected chi connectivity index (χ3v) is 8.44. The Hall–Kier alpha value is -2.52. The molecular formula is C22H27N5O3S. The molecule has 1 aliphatic heterocycles. The van der Waals surface area contributed by atoms with Gasteiger partial charge in [-0.25, -0.2) is 8.42 Å². The first-order chi connectivity index (χ1) is 14.9. The fraction of sp³-hybridized carbons (Fsp3) is 0.500. The molecule has 9 heteroatoms. The summed E-state index contributed by atoms with van der Waals surface area (Å²) in [6.07, 6.45) is 3.74.